The van der Waals surface area contributed by atoms with Gasteiger partial charge in [0.2, 0.25) is 11.2 Å². The molecule has 0 N–H and O–H groups in total. The van der Waals surface area contributed by atoms with Crippen LogP contribution in [0, 0.1) is 26.3 Å². The van der Waals surface area contributed by atoms with Crippen LogP contribution in [0.3, 0.4) is 0 Å². The molecule has 5 rings (SSSR count). The van der Waals surface area contributed by atoms with Crippen LogP contribution in [0.1, 0.15) is 49.9 Å². The summed E-state index contributed by atoms with van der Waals surface area (Å²) in [4.78, 5) is 3.82. The van der Waals surface area contributed by atoms with Crippen LogP contribution in [0.15, 0.2) is 42.6 Å². The molecule has 0 bridgehead atoms. The molecule has 0 radical (unpaired) electrons. The number of aromatic nitrogens is 1. The number of hydrogen-bond donors (Lipinski definition) is 0. The molecule has 1 aromatic heterocycles. The molecule has 0 spiro atoms. The van der Waals surface area contributed by atoms with E-state index in [1.54, 1.807) is 0 Å². The molecule has 0 amide bonds. The van der Waals surface area contributed by atoms with Crippen molar-refractivity contribution in [2.24, 2.45) is 13.0 Å². The van der Waals surface area contributed by atoms with Gasteiger partial charge in [-0.1, -0.05) is 38.1 Å². The van der Waals surface area contributed by atoms with Crippen molar-refractivity contribution in [1.82, 2.24) is 0 Å². The highest BCUT2D eigenvalue weighted by Gasteiger charge is 2.33. The van der Waals surface area contributed by atoms with E-state index in [2.05, 4.69) is 86.7 Å². The zero-order valence-corrected chi connectivity index (χ0v) is 21.3. The van der Waals surface area contributed by atoms with Crippen molar-refractivity contribution in [3.63, 3.8) is 0 Å². The maximum Gasteiger partial charge on any atom is 0.231 e. The fourth-order valence-electron chi connectivity index (χ4n) is 5.51. The van der Waals surface area contributed by atoms with Crippen LogP contribution in [0.5, 0.6) is 11.5 Å². The average Bonchev–Trinajstić information content (AvgIpc) is 2.78. The van der Waals surface area contributed by atoms with Gasteiger partial charge in [0, 0.05) is 25.5 Å². The van der Waals surface area contributed by atoms with E-state index < -0.39 is 5.54 Å². The molecule has 172 valence electrons. The summed E-state index contributed by atoms with van der Waals surface area (Å²) in [5.74, 6) is 2.48. The third-order valence-corrected chi connectivity index (χ3v) is 7.13. The predicted molar refractivity (Wildman–Crippen MR) is 141 cm³/mol. The van der Waals surface area contributed by atoms with Crippen molar-refractivity contribution >= 4 is 21.5 Å². The Morgan fingerprint density at radius 2 is 1.76 bits per heavy atom. The quantitative estimate of drug-likeness (QED) is 0.203. The zero-order valence-electron chi connectivity index (χ0n) is 21.3. The summed E-state index contributed by atoms with van der Waals surface area (Å²) in [5.41, 5.74) is 6.94. The largest absolute Gasteiger partial charge is 0.455 e. The molecule has 4 aromatic rings. The Bertz CT molecular complexity index is 1520. The minimum Gasteiger partial charge on any atom is -0.455 e. The summed E-state index contributed by atoms with van der Waals surface area (Å²) in [7, 11) is 2.12. The molecule has 3 aromatic carbocycles. The summed E-state index contributed by atoms with van der Waals surface area (Å²) in [6.07, 6.45) is 3.92. The van der Waals surface area contributed by atoms with Gasteiger partial charge in [-0.2, -0.15) is 0 Å². The van der Waals surface area contributed by atoms with Gasteiger partial charge in [-0.15, -0.1) is 0 Å². The molecule has 3 nitrogen and oxygen atoms in total. The smallest absolute Gasteiger partial charge is 0.231 e. The summed E-state index contributed by atoms with van der Waals surface area (Å²) in [6.45, 7) is 20.5. The molecular formula is C31H33N2O+. The number of nitrogens with zero attached hydrogens (tertiary/aromatic N) is 2. The average molecular weight is 450 g/mol. The second kappa shape index (κ2) is 7.84. The first-order valence-electron chi connectivity index (χ1n) is 12.2. The van der Waals surface area contributed by atoms with Gasteiger partial charge in [-0.25, -0.2) is 11.1 Å². The summed E-state index contributed by atoms with van der Waals surface area (Å²) in [5, 5.41) is 4.89. The molecule has 0 saturated heterocycles. The van der Waals surface area contributed by atoms with Crippen LogP contribution >= 0.6 is 0 Å². The lowest BCUT2D eigenvalue weighted by Gasteiger charge is -2.25. The van der Waals surface area contributed by atoms with Crippen LogP contribution in [0.25, 0.3) is 37.6 Å². The van der Waals surface area contributed by atoms with Crippen LogP contribution in [0.4, 0.5) is 0 Å². The maximum atomic E-state index is 7.56. The fraction of sp³-hybridized carbons (Fsp3) is 0.355. The Labute approximate surface area is 202 Å². The fourth-order valence-corrected chi connectivity index (χ4v) is 5.51. The number of rotatable bonds is 4. The monoisotopic (exact) mass is 449 g/mol. The molecule has 34 heavy (non-hydrogen) atoms. The summed E-state index contributed by atoms with van der Waals surface area (Å²) < 4.78 is 8.95. The molecule has 2 heterocycles. The van der Waals surface area contributed by atoms with Crippen LogP contribution in [-0.4, -0.2) is 5.54 Å². The molecule has 3 heteroatoms. The lowest BCUT2D eigenvalue weighted by atomic mass is 9.87. The normalized spacial score (nSPS) is 12.7. The number of ether oxygens (including phenoxy) is 1. The first-order chi connectivity index (χ1) is 16.1. The lowest BCUT2D eigenvalue weighted by molar-refractivity contribution is -0.659. The third kappa shape index (κ3) is 3.53. The topological polar surface area (TPSA) is 17.5 Å². The Kier molecular flexibility index (Phi) is 5.17. The number of pyridine rings is 1. The van der Waals surface area contributed by atoms with Crippen molar-refractivity contribution in [2.75, 3.05) is 0 Å². The van der Waals surface area contributed by atoms with Gasteiger partial charge in [0.05, 0.1) is 17.4 Å². The van der Waals surface area contributed by atoms with Crippen LogP contribution < -0.4 is 9.30 Å². The van der Waals surface area contributed by atoms with Crippen molar-refractivity contribution < 1.29 is 9.30 Å². The summed E-state index contributed by atoms with van der Waals surface area (Å²) in [6, 6.07) is 13.4. The molecule has 1 aliphatic heterocycles. The van der Waals surface area contributed by atoms with Gasteiger partial charge in [-0.05, 0) is 65.1 Å². The van der Waals surface area contributed by atoms with Gasteiger partial charge in [-0.3, -0.25) is 0 Å². The first-order valence-corrected chi connectivity index (χ1v) is 12.2. The second-order valence-electron chi connectivity index (χ2n) is 11.0. The van der Waals surface area contributed by atoms with E-state index in [1.807, 2.05) is 13.8 Å². The Balaban J connectivity index is 1.80. The number of hydrogen-bond acceptors (Lipinski definition) is 1. The Hall–Kier alpha value is -3.38. The van der Waals surface area contributed by atoms with Gasteiger partial charge in [0.25, 0.3) is 0 Å². The minimum atomic E-state index is -0.439. The molecule has 0 aliphatic carbocycles. The van der Waals surface area contributed by atoms with Gasteiger partial charge < -0.3 is 9.58 Å². The Morgan fingerprint density at radius 1 is 1.00 bits per heavy atom. The summed E-state index contributed by atoms with van der Waals surface area (Å²) >= 11 is 0. The minimum absolute atomic E-state index is 0.439. The highest BCUT2D eigenvalue weighted by molar-refractivity contribution is 6.06. The molecule has 0 fully saturated rings. The van der Waals surface area contributed by atoms with Crippen LogP contribution in [-0.2, 0) is 19.9 Å². The van der Waals surface area contributed by atoms with Crippen LogP contribution in [0.2, 0.25) is 0 Å². The molecule has 0 unspecified atom stereocenters. The highest BCUT2D eigenvalue weighted by Crippen LogP contribution is 2.50. The van der Waals surface area contributed by atoms with Crippen molar-refractivity contribution in [3.05, 3.63) is 76.3 Å². The molecule has 1 aliphatic rings. The third-order valence-electron chi connectivity index (χ3n) is 7.13. The lowest BCUT2D eigenvalue weighted by Crippen LogP contribution is -2.32. The Morgan fingerprint density at radius 3 is 2.47 bits per heavy atom. The van der Waals surface area contributed by atoms with E-state index in [1.165, 1.54) is 38.7 Å². The van der Waals surface area contributed by atoms with Gasteiger partial charge in [0.1, 0.15) is 18.5 Å². The molecule has 0 saturated carbocycles. The van der Waals surface area contributed by atoms with Gasteiger partial charge in [0.15, 0.2) is 6.20 Å². The van der Waals surface area contributed by atoms with Crippen molar-refractivity contribution in [1.29, 1.82) is 0 Å². The highest BCUT2D eigenvalue weighted by atomic mass is 16.5. The molecular weight excluding hydrogens is 416 g/mol. The van der Waals surface area contributed by atoms with E-state index in [4.69, 9.17) is 11.3 Å². The van der Waals surface area contributed by atoms with E-state index >= 15 is 0 Å². The van der Waals surface area contributed by atoms with E-state index in [0.717, 1.165) is 34.3 Å². The maximum absolute atomic E-state index is 7.56. The molecule has 0 atom stereocenters. The predicted octanol–water partition coefficient (Wildman–Crippen LogP) is 7.65. The first kappa shape index (κ1) is 22.4. The number of fused-ring (bicyclic) bond motifs is 3. The number of benzene rings is 3. The standard InChI is InChI=1S/C31H33N2O/c1-18(2)13-21-9-10-24-20(4)30-27(19(3)25(24)15-21)29-28-23(11-12-33(29)8)14-22(16-26(28)34-30)17-31(5,6)32-7/h9-12,14-16,18H,13,17H2,1-6,8H3/q+1. The SMILES string of the molecule is [C-]#[N+]C(C)(C)Cc1cc2c3c([n+](C)ccc3c1)-c1c(c(C)c3ccc(CC(C)C)cc3c1C)O2. The van der Waals surface area contributed by atoms with Crippen molar-refractivity contribution in [2.45, 2.75) is 59.9 Å². The number of aryl methyl sites for hydroxylation is 3. The van der Waals surface area contributed by atoms with E-state index in [9.17, 15) is 0 Å². The van der Waals surface area contributed by atoms with Gasteiger partial charge >= 0.3 is 0 Å². The second-order valence-corrected chi connectivity index (χ2v) is 11.0. The van der Waals surface area contributed by atoms with E-state index in [0.29, 0.717) is 12.3 Å². The zero-order chi connectivity index (χ0) is 24.4. The van der Waals surface area contributed by atoms with E-state index in [-0.39, 0.29) is 0 Å². The van der Waals surface area contributed by atoms with Crippen molar-refractivity contribution in [3.8, 4) is 22.8 Å².